The fourth-order valence-electron chi connectivity index (χ4n) is 2.61. The number of para-hydroxylation sites is 1. The van der Waals surface area contributed by atoms with Crippen molar-refractivity contribution in [1.82, 2.24) is 4.90 Å². The van der Waals surface area contributed by atoms with Crippen LogP contribution in [0.15, 0.2) is 24.3 Å². The molecule has 0 aliphatic carbocycles. The zero-order chi connectivity index (χ0) is 15.2. The first-order valence-corrected chi connectivity index (χ1v) is 7.32. The van der Waals surface area contributed by atoms with E-state index in [4.69, 9.17) is 4.74 Å². The third kappa shape index (κ3) is 3.53. The smallest absolute Gasteiger partial charge is 0.323 e. The van der Waals surface area contributed by atoms with Gasteiger partial charge in [0.15, 0.2) is 0 Å². The number of carbonyl (C=O) groups excluding carboxylic acids is 1. The van der Waals surface area contributed by atoms with Crippen LogP contribution < -0.4 is 4.90 Å². The molecule has 0 spiro atoms. The van der Waals surface area contributed by atoms with Crippen LogP contribution in [-0.2, 0) is 9.53 Å². The van der Waals surface area contributed by atoms with Crippen molar-refractivity contribution in [3.05, 3.63) is 29.8 Å². The number of benzene rings is 1. The van der Waals surface area contributed by atoms with E-state index in [0.717, 1.165) is 31.9 Å². The van der Waals surface area contributed by atoms with Gasteiger partial charge in [-0.15, -0.1) is 0 Å². The maximum Gasteiger partial charge on any atom is 0.323 e. The topological polar surface area (TPSA) is 56.6 Å². The van der Waals surface area contributed by atoms with Crippen molar-refractivity contribution in [2.24, 2.45) is 0 Å². The monoisotopic (exact) mass is 287 g/mol. The van der Waals surface area contributed by atoms with Gasteiger partial charge in [0.25, 0.3) is 0 Å². The minimum Gasteiger partial charge on any atom is -0.465 e. The van der Waals surface area contributed by atoms with Crippen molar-refractivity contribution in [1.29, 1.82) is 5.26 Å². The second-order valence-corrected chi connectivity index (χ2v) is 5.08. The van der Waals surface area contributed by atoms with E-state index in [1.54, 1.807) is 0 Å². The van der Waals surface area contributed by atoms with Gasteiger partial charge in [0.2, 0.25) is 0 Å². The fraction of sp³-hybridized carbons (Fsp3) is 0.500. The lowest BCUT2D eigenvalue weighted by molar-refractivity contribution is -0.149. The van der Waals surface area contributed by atoms with Crippen molar-refractivity contribution in [2.45, 2.75) is 19.9 Å². The quantitative estimate of drug-likeness (QED) is 0.788. The highest BCUT2D eigenvalue weighted by molar-refractivity contribution is 5.75. The SMILES string of the molecule is CCOC(=O)C(C)N1CCN(c2ccccc2C#N)CC1. The molecule has 5 heteroatoms. The molecule has 1 fully saturated rings. The number of hydrogen-bond acceptors (Lipinski definition) is 5. The molecule has 1 aromatic carbocycles. The molecule has 1 aliphatic heterocycles. The van der Waals surface area contributed by atoms with Crippen molar-refractivity contribution < 1.29 is 9.53 Å². The number of piperazine rings is 1. The highest BCUT2D eigenvalue weighted by atomic mass is 16.5. The number of ether oxygens (including phenoxy) is 1. The van der Waals surface area contributed by atoms with Crippen molar-refractivity contribution in [3.8, 4) is 6.07 Å². The van der Waals surface area contributed by atoms with Gasteiger partial charge in [-0.2, -0.15) is 5.26 Å². The maximum absolute atomic E-state index is 11.8. The molecule has 5 nitrogen and oxygen atoms in total. The van der Waals surface area contributed by atoms with Gasteiger partial charge in [0.05, 0.1) is 17.9 Å². The fourth-order valence-corrected chi connectivity index (χ4v) is 2.61. The summed E-state index contributed by atoms with van der Waals surface area (Å²) in [7, 11) is 0. The molecule has 1 aromatic rings. The van der Waals surface area contributed by atoms with Gasteiger partial charge in [-0.25, -0.2) is 0 Å². The molecule has 0 amide bonds. The number of nitrogens with zero attached hydrogens (tertiary/aromatic N) is 3. The Morgan fingerprint density at radius 3 is 2.62 bits per heavy atom. The van der Waals surface area contributed by atoms with E-state index in [-0.39, 0.29) is 12.0 Å². The average Bonchev–Trinajstić information content (AvgIpc) is 2.54. The Morgan fingerprint density at radius 2 is 2.00 bits per heavy atom. The van der Waals surface area contributed by atoms with E-state index in [0.29, 0.717) is 12.2 Å². The molecule has 0 bridgehead atoms. The first kappa shape index (κ1) is 15.3. The largest absolute Gasteiger partial charge is 0.465 e. The summed E-state index contributed by atoms with van der Waals surface area (Å²) in [6, 6.07) is 9.66. The Morgan fingerprint density at radius 1 is 1.33 bits per heavy atom. The molecule has 1 heterocycles. The van der Waals surface area contributed by atoms with Crippen LogP contribution in [0.25, 0.3) is 0 Å². The number of hydrogen-bond donors (Lipinski definition) is 0. The average molecular weight is 287 g/mol. The molecule has 1 atom stereocenters. The minimum atomic E-state index is -0.210. The molecule has 0 N–H and O–H groups in total. The van der Waals surface area contributed by atoms with Crippen LogP contribution in [0, 0.1) is 11.3 Å². The summed E-state index contributed by atoms with van der Waals surface area (Å²) in [4.78, 5) is 16.1. The Labute approximate surface area is 125 Å². The molecule has 2 rings (SSSR count). The van der Waals surface area contributed by atoms with E-state index in [1.807, 2.05) is 38.1 Å². The molecule has 21 heavy (non-hydrogen) atoms. The maximum atomic E-state index is 11.8. The third-order valence-electron chi connectivity index (χ3n) is 3.85. The Balaban J connectivity index is 1.97. The number of anilines is 1. The number of carbonyl (C=O) groups is 1. The van der Waals surface area contributed by atoms with E-state index in [1.165, 1.54) is 0 Å². The van der Waals surface area contributed by atoms with Gasteiger partial charge >= 0.3 is 5.97 Å². The number of esters is 1. The van der Waals surface area contributed by atoms with E-state index in [2.05, 4.69) is 15.9 Å². The first-order chi connectivity index (χ1) is 10.2. The van der Waals surface area contributed by atoms with Gasteiger partial charge in [-0.3, -0.25) is 9.69 Å². The summed E-state index contributed by atoms with van der Waals surface area (Å²) >= 11 is 0. The molecule has 1 aliphatic rings. The van der Waals surface area contributed by atoms with Crippen LogP contribution in [0.4, 0.5) is 5.69 Å². The number of rotatable bonds is 4. The normalized spacial score (nSPS) is 17.1. The molecular weight excluding hydrogens is 266 g/mol. The third-order valence-corrected chi connectivity index (χ3v) is 3.85. The lowest BCUT2D eigenvalue weighted by Gasteiger charge is -2.38. The Hall–Kier alpha value is -2.06. The zero-order valence-electron chi connectivity index (χ0n) is 12.6. The van der Waals surface area contributed by atoms with Crippen LogP contribution in [0.2, 0.25) is 0 Å². The van der Waals surface area contributed by atoms with Gasteiger partial charge < -0.3 is 9.64 Å². The molecular formula is C16H21N3O2. The van der Waals surface area contributed by atoms with Gasteiger partial charge in [-0.1, -0.05) is 12.1 Å². The Kier molecular flexibility index (Phi) is 5.18. The van der Waals surface area contributed by atoms with Crippen LogP contribution in [-0.4, -0.2) is 49.7 Å². The highest BCUT2D eigenvalue weighted by Gasteiger charge is 2.27. The summed E-state index contributed by atoms with van der Waals surface area (Å²) in [5, 5.41) is 9.17. The molecule has 1 unspecified atom stereocenters. The predicted molar refractivity (Wildman–Crippen MR) is 81.0 cm³/mol. The van der Waals surface area contributed by atoms with Crippen LogP contribution in [0.1, 0.15) is 19.4 Å². The summed E-state index contributed by atoms with van der Waals surface area (Å²) in [5.74, 6) is -0.164. The standard InChI is InChI=1S/C16H21N3O2/c1-3-21-16(20)13(2)18-8-10-19(11-9-18)15-7-5-4-6-14(15)12-17/h4-7,13H,3,8-11H2,1-2H3. The summed E-state index contributed by atoms with van der Waals surface area (Å²) in [6.07, 6.45) is 0. The zero-order valence-corrected chi connectivity index (χ0v) is 12.6. The summed E-state index contributed by atoms with van der Waals surface area (Å²) < 4.78 is 5.07. The van der Waals surface area contributed by atoms with E-state index < -0.39 is 0 Å². The highest BCUT2D eigenvalue weighted by Crippen LogP contribution is 2.21. The van der Waals surface area contributed by atoms with Crippen LogP contribution >= 0.6 is 0 Å². The minimum absolute atomic E-state index is 0.164. The second-order valence-electron chi connectivity index (χ2n) is 5.08. The molecule has 0 radical (unpaired) electrons. The summed E-state index contributed by atoms with van der Waals surface area (Å²) in [6.45, 7) is 7.32. The van der Waals surface area contributed by atoms with E-state index >= 15 is 0 Å². The van der Waals surface area contributed by atoms with Crippen LogP contribution in [0.5, 0.6) is 0 Å². The Bertz CT molecular complexity index is 531. The van der Waals surface area contributed by atoms with Crippen molar-refractivity contribution in [2.75, 3.05) is 37.7 Å². The van der Waals surface area contributed by atoms with Gasteiger partial charge in [0.1, 0.15) is 12.1 Å². The molecule has 0 aromatic heterocycles. The molecule has 1 saturated heterocycles. The second kappa shape index (κ2) is 7.09. The molecule has 0 saturated carbocycles. The number of nitriles is 1. The van der Waals surface area contributed by atoms with Crippen molar-refractivity contribution in [3.63, 3.8) is 0 Å². The lowest BCUT2D eigenvalue weighted by atomic mass is 10.1. The van der Waals surface area contributed by atoms with E-state index in [9.17, 15) is 10.1 Å². The first-order valence-electron chi connectivity index (χ1n) is 7.32. The van der Waals surface area contributed by atoms with Gasteiger partial charge in [0, 0.05) is 26.2 Å². The molecule has 112 valence electrons. The summed E-state index contributed by atoms with van der Waals surface area (Å²) in [5.41, 5.74) is 1.67. The lowest BCUT2D eigenvalue weighted by Crippen LogP contribution is -2.52. The predicted octanol–water partition coefficient (Wildman–Crippen LogP) is 1.63. The van der Waals surface area contributed by atoms with Crippen molar-refractivity contribution >= 4 is 11.7 Å². The van der Waals surface area contributed by atoms with Gasteiger partial charge in [-0.05, 0) is 26.0 Å². The van der Waals surface area contributed by atoms with Crippen LogP contribution in [0.3, 0.4) is 0 Å².